The van der Waals surface area contributed by atoms with Crippen LogP contribution in [-0.4, -0.2) is 20.7 Å². The molecule has 133 valence electrons. The van der Waals surface area contributed by atoms with Crippen LogP contribution in [0.5, 0.6) is 0 Å². The van der Waals surface area contributed by atoms with Crippen molar-refractivity contribution in [3.8, 4) is 0 Å². The zero-order chi connectivity index (χ0) is 18.8. The molecule has 2 rings (SSSR count). The van der Waals surface area contributed by atoms with Gasteiger partial charge in [-0.15, -0.1) is 0 Å². The molecule has 0 N–H and O–H groups in total. The van der Waals surface area contributed by atoms with Gasteiger partial charge in [-0.1, -0.05) is 0 Å². The van der Waals surface area contributed by atoms with Crippen molar-refractivity contribution in [1.29, 1.82) is 0 Å². The number of rotatable bonds is 3. The first kappa shape index (κ1) is 19.4. The van der Waals surface area contributed by atoms with E-state index in [9.17, 15) is 31.1 Å². The minimum atomic E-state index is -4.51. The van der Waals surface area contributed by atoms with E-state index >= 15 is 0 Å². The predicted molar refractivity (Wildman–Crippen MR) is 79.7 cm³/mol. The van der Waals surface area contributed by atoms with Gasteiger partial charge < -0.3 is 0 Å². The molecule has 0 fully saturated rings. The van der Waals surface area contributed by atoms with Gasteiger partial charge in [-0.25, -0.2) is 0 Å². The van der Waals surface area contributed by atoms with Crippen LogP contribution in [-0.2, 0) is 20.9 Å². The Morgan fingerprint density at radius 3 is 1.32 bits per heavy atom. The third-order valence-corrected chi connectivity index (χ3v) is 7.83. The van der Waals surface area contributed by atoms with Crippen molar-refractivity contribution in [3.05, 3.63) is 59.7 Å². The van der Waals surface area contributed by atoms with Gasteiger partial charge in [0.15, 0.2) is 0 Å². The number of alkyl halides is 6. The first-order valence-corrected chi connectivity index (χ1v) is 9.84. The summed E-state index contributed by atoms with van der Waals surface area (Å²) in [4.78, 5) is 11.3. The molecular weight excluding hydrogens is 411 g/mol. The molecule has 0 aliphatic rings. The topological polar surface area (TPSA) is 26.3 Å². The van der Waals surface area contributed by atoms with Gasteiger partial charge >= 0.3 is 143 Å². The third kappa shape index (κ3) is 5.00. The molecule has 1 radical (unpaired) electrons. The fourth-order valence-electron chi connectivity index (χ4n) is 2.05. The Kier molecular flexibility index (Phi) is 5.50. The molecule has 25 heavy (non-hydrogen) atoms. The second kappa shape index (κ2) is 7.11. The normalized spacial score (nSPS) is 12.3. The molecule has 0 saturated heterocycles. The summed E-state index contributed by atoms with van der Waals surface area (Å²) in [5.74, 6) is -0.644. The van der Waals surface area contributed by atoms with E-state index in [2.05, 4.69) is 0 Å². The van der Waals surface area contributed by atoms with Gasteiger partial charge in [0.2, 0.25) is 0 Å². The summed E-state index contributed by atoms with van der Waals surface area (Å²) < 4.78 is 81.8. The molecule has 2 aromatic carbocycles. The van der Waals surface area contributed by atoms with Crippen LogP contribution >= 0.6 is 0 Å². The summed E-state index contributed by atoms with van der Waals surface area (Å²) in [6.07, 6.45) is -9.01. The van der Waals surface area contributed by atoms with Crippen LogP contribution in [0.2, 0.25) is 0 Å². The van der Waals surface area contributed by atoms with Gasteiger partial charge in [0.1, 0.15) is 0 Å². The second-order valence-corrected chi connectivity index (χ2v) is 9.30. The van der Waals surface area contributed by atoms with Gasteiger partial charge in [-0.2, -0.15) is 0 Å². The number of carbonyl (C=O) groups excluding carboxylic acids is 1. The molecule has 2 nitrogen and oxygen atoms in total. The van der Waals surface area contributed by atoms with Gasteiger partial charge in [0.05, 0.1) is 0 Å². The van der Waals surface area contributed by atoms with E-state index in [0.717, 1.165) is 31.2 Å². The van der Waals surface area contributed by atoms with Crippen molar-refractivity contribution in [2.24, 2.45) is 0 Å². The summed E-state index contributed by atoms with van der Waals surface area (Å²) in [5.41, 5.74) is -1.71. The number of hydrogen-bond acceptors (Lipinski definition) is 2. The van der Waals surface area contributed by atoms with Crippen LogP contribution in [0.1, 0.15) is 18.1 Å². The summed E-state index contributed by atoms with van der Waals surface area (Å²) in [7, 11) is 0. The maximum atomic E-state index is 12.6. The number of carbonyl (C=O) groups is 1. The third-order valence-electron chi connectivity index (χ3n) is 3.19. The van der Waals surface area contributed by atoms with Crippen LogP contribution in [0.4, 0.5) is 26.3 Å². The molecular formula is C16H11F6GeO2. The molecule has 0 saturated carbocycles. The first-order chi connectivity index (χ1) is 11.5. The number of hydrogen-bond donors (Lipinski definition) is 0. The Balaban J connectivity index is 2.38. The van der Waals surface area contributed by atoms with E-state index in [1.807, 2.05) is 0 Å². The molecule has 2 aromatic rings. The van der Waals surface area contributed by atoms with Gasteiger partial charge in [-0.05, 0) is 0 Å². The molecule has 0 bridgehead atoms. The van der Waals surface area contributed by atoms with E-state index < -0.39 is 44.1 Å². The molecule has 0 spiro atoms. The quantitative estimate of drug-likeness (QED) is 0.561. The Morgan fingerprint density at radius 1 is 0.760 bits per heavy atom. The summed E-state index contributed by atoms with van der Waals surface area (Å²) in [6, 6.07) is 8.20. The fourth-order valence-corrected chi connectivity index (χ4v) is 5.82. The van der Waals surface area contributed by atoms with Crippen molar-refractivity contribution in [2.45, 2.75) is 19.3 Å². The van der Waals surface area contributed by atoms with Crippen LogP contribution in [0.3, 0.4) is 0 Å². The molecule has 0 atom stereocenters. The van der Waals surface area contributed by atoms with Crippen molar-refractivity contribution in [2.75, 3.05) is 0 Å². The summed E-state index contributed by atoms with van der Waals surface area (Å²) >= 11 is -3.07. The van der Waals surface area contributed by atoms with Crippen LogP contribution in [0.25, 0.3) is 0 Å². The molecule has 0 aliphatic heterocycles. The van der Waals surface area contributed by atoms with E-state index in [1.165, 1.54) is 24.3 Å². The average molecular weight is 422 g/mol. The molecule has 0 heterocycles. The zero-order valence-corrected chi connectivity index (χ0v) is 14.8. The minimum absolute atomic E-state index is 0.378. The Bertz CT molecular complexity index is 678. The standard InChI is InChI=1S/C16H11F6GeO2/c1-10(24)25-23(13-6-2-11(3-7-13)15(17,18)19)14-8-4-12(5-9-14)16(20,21)22/h2-9H,1H3. The SMILES string of the molecule is CC(=O)[O][Ge]([c]1ccc(C(F)(F)F)cc1)[c]1ccc(C(F)(F)F)cc1. The monoisotopic (exact) mass is 423 g/mol. The van der Waals surface area contributed by atoms with E-state index in [4.69, 9.17) is 3.76 Å². The fraction of sp³-hybridized carbons (Fsp3) is 0.188. The Labute approximate surface area is 143 Å². The Morgan fingerprint density at radius 2 is 1.08 bits per heavy atom. The van der Waals surface area contributed by atoms with Gasteiger partial charge in [-0.3, -0.25) is 0 Å². The number of benzene rings is 2. The van der Waals surface area contributed by atoms with Crippen molar-refractivity contribution in [1.82, 2.24) is 0 Å². The Hall–Kier alpha value is -1.97. The van der Waals surface area contributed by atoms with Crippen molar-refractivity contribution < 1.29 is 34.9 Å². The van der Waals surface area contributed by atoms with Gasteiger partial charge in [0, 0.05) is 0 Å². The average Bonchev–Trinajstić information content (AvgIpc) is 2.51. The molecule has 0 aliphatic carbocycles. The second-order valence-electron chi connectivity index (χ2n) is 5.07. The zero-order valence-electron chi connectivity index (χ0n) is 12.7. The van der Waals surface area contributed by atoms with Crippen LogP contribution in [0.15, 0.2) is 48.5 Å². The molecule has 0 unspecified atom stereocenters. The van der Waals surface area contributed by atoms with Crippen molar-refractivity contribution in [3.63, 3.8) is 0 Å². The summed E-state index contributed by atoms with van der Waals surface area (Å²) in [6.45, 7) is 1.14. The predicted octanol–water partition coefficient (Wildman–Crippen LogP) is 3.39. The van der Waals surface area contributed by atoms with Crippen LogP contribution in [0, 0.1) is 0 Å². The molecule has 0 aromatic heterocycles. The molecule has 0 amide bonds. The number of halogens is 6. The van der Waals surface area contributed by atoms with Crippen molar-refractivity contribution >= 4 is 29.4 Å². The first-order valence-electron chi connectivity index (χ1n) is 6.89. The summed E-state index contributed by atoms with van der Waals surface area (Å²) in [5, 5.41) is 0. The van der Waals surface area contributed by atoms with E-state index in [0.29, 0.717) is 8.79 Å². The van der Waals surface area contributed by atoms with Crippen LogP contribution < -0.4 is 8.79 Å². The molecule has 9 heteroatoms. The van der Waals surface area contributed by atoms with Gasteiger partial charge in [0.25, 0.3) is 0 Å². The maximum absolute atomic E-state index is 12.6. The van der Waals surface area contributed by atoms with E-state index in [-0.39, 0.29) is 0 Å². The van der Waals surface area contributed by atoms with E-state index in [1.54, 1.807) is 0 Å².